The number of carbonyl (C=O) groups excluding carboxylic acids is 1. The fourth-order valence-corrected chi connectivity index (χ4v) is 1.71. The number of likely N-dealkylation sites (N-methyl/N-ethyl adjacent to an activating group) is 2. The summed E-state index contributed by atoms with van der Waals surface area (Å²) in [6, 6.07) is 7.30. The zero-order valence-corrected chi connectivity index (χ0v) is 13.7. The number of hydrogen-bond donors (Lipinski definition) is 1. The van der Waals surface area contributed by atoms with Gasteiger partial charge < -0.3 is 19.7 Å². The van der Waals surface area contributed by atoms with Crippen molar-refractivity contribution < 1.29 is 14.3 Å². The lowest BCUT2D eigenvalue weighted by Gasteiger charge is -2.19. The van der Waals surface area contributed by atoms with E-state index in [0.29, 0.717) is 37.7 Å². The molecule has 1 aromatic carbocycles. The van der Waals surface area contributed by atoms with Crippen molar-refractivity contribution in [3.8, 4) is 5.75 Å². The molecule has 0 radical (unpaired) electrons. The number of rotatable bonds is 9. The Hall–Kier alpha value is -1.30. The van der Waals surface area contributed by atoms with Crippen LogP contribution in [0.25, 0.3) is 0 Å². The highest BCUT2D eigenvalue weighted by Gasteiger charge is 2.15. The van der Waals surface area contributed by atoms with Crippen LogP contribution in [0.2, 0.25) is 0 Å². The maximum atomic E-state index is 12.3. The molecule has 0 saturated heterocycles. The summed E-state index contributed by atoms with van der Waals surface area (Å²) in [5, 5.41) is 3.03. The fourth-order valence-electron chi connectivity index (χ4n) is 1.71. The van der Waals surface area contributed by atoms with Gasteiger partial charge in [0.2, 0.25) is 0 Å². The molecule has 0 saturated carbocycles. The van der Waals surface area contributed by atoms with E-state index in [1.165, 1.54) is 0 Å². The number of nitrogens with one attached hydrogen (secondary N) is 1. The standard InChI is InChI=1S/C15H24N2O3.ClH/c1-4-19-11-12-20-14-8-6-5-7-13(14)15(18)17(3)10-9-16-2;/h5-8,16H,4,9-12H2,1-3H3;1H. The summed E-state index contributed by atoms with van der Waals surface area (Å²) >= 11 is 0. The van der Waals surface area contributed by atoms with Gasteiger partial charge in [0.15, 0.2) is 0 Å². The zero-order chi connectivity index (χ0) is 14.8. The van der Waals surface area contributed by atoms with Gasteiger partial charge in [-0.15, -0.1) is 12.4 Å². The Morgan fingerprint density at radius 2 is 2.00 bits per heavy atom. The van der Waals surface area contributed by atoms with Crippen molar-refractivity contribution >= 4 is 18.3 Å². The minimum atomic E-state index is -0.0349. The maximum Gasteiger partial charge on any atom is 0.257 e. The van der Waals surface area contributed by atoms with Crippen molar-refractivity contribution in [3.63, 3.8) is 0 Å². The van der Waals surface area contributed by atoms with Gasteiger partial charge in [0.25, 0.3) is 5.91 Å². The first-order valence-corrected chi connectivity index (χ1v) is 6.90. The molecule has 0 aromatic heterocycles. The van der Waals surface area contributed by atoms with Crippen LogP contribution < -0.4 is 10.1 Å². The quantitative estimate of drug-likeness (QED) is 0.706. The van der Waals surface area contributed by atoms with Crippen LogP contribution in [0.3, 0.4) is 0 Å². The van der Waals surface area contributed by atoms with Crippen LogP contribution >= 0.6 is 12.4 Å². The van der Waals surface area contributed by atoms with Gasteiger partial charge in [0.05, 0.1) is 12.2 Å². The molecule has 6 heteroatoms. The van der Waals surface area contributed by atoms with Crippen LogP contribution in [-0.4, -0.2) is 57.8 Å². The fraction of sp³-hybridized carbons (Fsp3) is 0.533. The van der Waals surface area contributed by atoms with E-state index in [1.807, 2.05) is 32.2 Å². The van der Waals surface area contributed by atoms with Gasteiger partial charge in [0.1, 0.15) is 12.4 Å². The lowest BCUT2D eigenvalue weighted by Crippen LogP contribution is -2.33. The highest BCUT2D eigenvalue weighted by atomic mass is 35.5. The van der Waals surface area contributed by atoms with Gasteiger partial charge in [-0.2, -0.15) is 0 Å². The molecule has 5 nitrogen and oxygen atoms in total. The van der Waals surface area contributed by atoms with Gasteiger partial charge in [-0.25, -0.2) is 0 Å². The van der Waals surface area contributed by atoms with Crippen LogP contribution in [0.15, 0.2) is 24.3 Å². The molecule has 21 heavy (non-hydrogen) atoms. The monoisotopic (exact) mass is 316 g/mol. The molecule has 1 N–H and O–H groups in total. The number of amides is 1. The predicted octanol–water partition coefficient (Wildman–Crippen LogP) is 1.82. The smallest absolute Gasteiger partial charge is 0.257 e. The van der Waals surface area contributed by atoms with E-state index >= 15 is 0 Å². The van der Waals surface area contributed by atoms with Gasteiger partial charge >= 0.3 is 0 Å². The van der Waals surface area contributed by atoms with Crippen LogP contribution in [0.5, 0.6) is 5.75 Å². The third-order valence-corrected chi connectivity index (χ3v) is 2.85. The highest BCUT2D eigenvalue weighted by molar-refractivity contribution is 5.96. The number of hydrogen-bond acceptors (Lipinski definition) is 4. The summed E-state index contributed by atoms with van der Waals surface area (Å²) in [7, 11) is 3.65. The van der Waals surface area contributed by atoms with Gasteiger partial charge in [-0.05, 0) is 26.1 Å². The lowest BCUT2D eigenvalue weighted by molar-refractivity contribution is 0.0785. The molecular formula is C15H25ClN2O3. The zero-order valence-electron chi connectivity index (χ0n) is 12.9. The molecule has 0 heterocycles. The first-order chi connectivity index (χ1) is 9.70. The Morgan fingerprint density at radius 3 is 2.67 bits per heavy atom. The minimum Gasteiger partial charge on any atom is -0.490 e. The van der Waals surface area contributed by atoms with E-state index in [0.717, 1.165) is 6.54 Å². The molecule has 0 bridgehead atoms. The lowest BCUT2D eigenvalue weighted by atomic mass is 10.2. The Kier molecular flexibility index (Phi) is 10.7. The maximum absolute atomic E-state index is 12.3. The molecule has 120 valence electrons. The van der Waals surface area contributed by atoms with Crippen molar-refractivity contribution in [2.45, 2.75) is 6.92 Å². The molecule has 0 atom stereocenters. The largest absolute Gasteiger partial charge is 0.490 e. The molecule has 0 aliphatic heterocycles. The summed E-state index contributed by atoms with van der Waals surface area (Å²) in [5.41, 5.74) is 0.586. The molecule has 0 aliphatic rings. The first kappa shape index (κ1) is 19.7. The van der Waals surface area contributed by atoms with Crippen LogP contribution in [-0.2, 0) is 4.74 Å². The third kappa shape index (κ3) is 6.80. The molecule has 1 amide bonds. The van der Waals surface area contributed by atoms with Gasteiger partial charge in [-0.3, -0.25) is 4.79 Å². The second-order valence-electron chi connectivity index (χ2n) is 4.37. The van der Waals surface area contributed by atoms with Crippen LogP contribution in [0, 0.1) is 0 Å². The summed E-state index contributed by atoms with van der Waals surface area (Å²) in [5.74, 6) is 0.570. The topological polar surface area (TPSA) is 50.8 Å². The molecular weight excluding hydrogens is 292 g/mol. The first-order valence-electron chi connectivity index (χ1n) is 6.90. The predicted molar refractivity (Wildman–Crippen MR) is 86.6 cm³/mol. The van der Waals surface area contributed by atoms with Crippen molar-refractivity contribution in [3.05, 3.63) is 29.8 Å². The van der Waals surface area contributed by atoms with Crippen molar-refractivity contribution in [2.75, 3.05) is 47.0 Å². The number of nitrogens with zero attached hydrogens (tertiary/aromatic N) is 1. The second-order valence-corrected chi connectivity index (χ2v) is 4.37. The molecule has 0 aliphatic carbocycles. The summed E-state index contributed by atoms with van der Waals surface area (Å²) in [6.07, 6.45) is 0. The van der Waals surface area contributed by atoms with E-state index in [-0.39, 0.29) is 18.3 Å². The molecule has 1 rings (SSSR count). The Bertz CT molecular complexity index is 416. The van der Waals surface area contributed by atoms with E-state index in [9.17, 15) is 4.79 Å². The molecule has 0 unspecified atom stereocenters. The van der Waals surface area contributed by atoms with Crippen molar-refractivity contribution in [1.29, 1.82) is 0 Å². The number of benzene rings is 1. The number of carbonyl (C=O) groups is 1. The summed E-state index contributed by atoms with van der Waals surface area (Å²) in [4.78, 5) is 14.0. The number of halogens is 1. The van der Waals surface area contributed by atoms with Gasteiger partial charge in [0, 0.05) is 26.7 Å². The second kappa shape index (κ2) is 11.4. The van der Waals surface area contributed by atoms with Gasteiger partial charge in [-0.1, -0.05) is 12.1 Å². The minimum absolute atomic E-state index is 0. The van der Waals surface area contributed by atoms with E-state index < -0.39 is 0 Å². The van der Waals surface area contributed by atoms with E-state index in [4.69, 9.17) is 9.47 Å². The molecule has 0 spiro atoms. The Morgan fingerprint density at radius 1 is 1.29 bits per heavy atom. The third-order valence-electron chi connectivity index (χ3n) is 2.85. The highest BCUT2D eigenvalue weighted by Crippen LogP contribution is 2.19. The van der Waals surface area contributed by atoms with Crippen LogP contribution in [0.4, 0.5) is 0 Å². The van der Waals surface area contributed by atoms with E-state index in [1.54, 1.807) is 18.0 Å². The van der Waals surface area contributed by atoms with Crippen LogP contribution in [0.1, 0.15) is 17.3 Å². The summed E-state index contributed by atoms with van der Waals surface area (Å²) < 4.78 is 10.9. The van der Waals surface area contributed by atoms with Crippen molar-refractivity contribution in [2.24, 2.45) is 0 Å². The number of para-hydroxylation sites is 1. The number of ether oxygens (including phenoxy) is 2. The Labute approximate surface area is 133 Å². The molecule has 0 fully saturated rings. The van der Waals surface area contributed by atoms with Crippen molar-refractivity contribution in [1.82, 2.24) is 10.2 Å². The van der Waals surface area contributed by atoms with E-state index in [2.05, 4.69) is 5.32 Å². The average Bonchev–Trinajstić information content (AvgIpc) is 2.49. The molecule has 1 aromatic rings. The summed E-state index contributed by atoms with van der Waals surface area (Å²) in [6.45, 7) is 4.98. The SMILES string of the molecule is CCOCCOc1ccccc1C(=O)N(C)CCNC.Cl. The average molecular weight is 317 g/mol. The normalized spacial score (nSPS) is 9.86. The Balaban J connectivity index is 0.00000400.